The van der Waals surface area contributed by atoms with E-state index in [4.69, 9.17) is 0 Å². The van der Waals surface area contributed by atoms with Crippen molar-refractivity contribution in [2.24, 2.45) is 5.92 Å². The van der Waals surface area contributed by atoms with Gasteiger partial charge >= 0.3 is 0 Å². The highest BCUT2D eigenvalue weighted by Gasteiger charge is 2.07. The summed E-state index contributed by atoms with van der Waals surface area (Å²) in [5.74, 6) is 0.782. The molecule has 1 atom stereocenters. The molecule has 0 amide bonds. The molecule has 0 spiro atoms. The van der Waals surface area contributed by atoms with Gasteiger partial charge in [-0.05, 0) is 23.2 Å². The molecule has 0 aromatic carbocycles. The maximum absolute atomic E-state index is 3.51. The van der Waals surface area contributed by atoms with Gasteiger partial charge in [0.15, 0.2) is 0 Å². The highest BCUT2D eigenvalue weighted by atomic mass is 79.9. The lowest BCUT2D eigenvalue weighted by Crippen LogP contribution is -1.98. The molecule has 0 radical (unpaired) electrons. The van der Waals surface area contributed by atoms with E-state index in [1.807, 2.05) is 0 Å². The molecule has 56 valence electrons. The Bertz CT molecular complexity index is 156. The Hall–Kier alpha value is -0.0400. The highest BCUT2D eigenvalue weighted by Crippen LogP contribution is 2.25. The Morgan fingerprint density at radius 2 is 2.50 bits per heavy atom. The van der Waals surface area contributed by atoms with E-state index in [0.29, 0.717) is 0 Å². The predicted octanol–water partition coefficient (Wildman–Crippen LogP) is 3.64. The van der Waals surface area contributed by atoms with Crippen LogP contribution in [0.2, 0.25) is 0 Å². The third kappa shape index (κ3) is 2.30. The zero-order chi connectivity index (χ0) is 7.40. The zero-order valence-corrected chi connectivity index (χ0v) is 7.89. The summed E-state index contributed by atoms with van der Waals surface area (Å²) in [6, 6.07) is 0. The molecule has 10 heavy (non-hydrogen) atoms. The third-order valence-electron chi connectivity index (χ3n) is 1.78. The van der Waals surface area contributed by atoms with Crippen LogP contribution < -0.4 is 0 Å². The molecule has 0 bridgehead atoms. The van der Waals surface area contributed by atoms with Crippen LogP contribution in [-0.2, 0) is 0 Å². The standard InChI is InChI=1S/C9H13Br/c1-2-4-8-5-3-6-9(10)7-8/h3,5-6,8H,2,4,7H2,1H3/t8-/m1/s1. The second kappa shape index (κ2) is 3.97. The quantitative estimate of drug-likeness (QED) is 0.639. The summed E-state index contributed by atoms with van der Waals surface area (Å²) in [5, 5.41) is 0. The van der Waals surface area contributed by atoms with Crippen LogP contribution in [-0.4, -0.2) is 0 Å². The van der Waals surface area contributed by atoms with E-state index in [0.717, 1.165) is 5.92 Å². The predicted molar refractivity (Wildman–Crippen MR) is 49.2 cm³/mol. The molecule has 1 heteroatoms. The van der Waals surface area contributed by atoms with E-state index in [-0.39, 0.29) is 0 Å². The molecule has 0 N–H and O–H groups in total. The molecule has 0 unspecified atom stereocenters. The molecule has 0 saturated carbocycles. The van der Waals surface area contributed by atoms with Gasteiger partial charge in [0.1, 0.15) is 0 Å². The molecule has 1 rings (SSSR count). The van der Waals surface area contributed by atoms with Gasteiger partial charge in [-0.1, -0.05) is 47.5 Å². The summed E-state index contributed by atoms with van der Waals surface area (Å²) in [5.41, 5.74) is 0. The van der Waals surface area contributed by atoms with Crippen molar-refractivity contribution in [3.63, 3.8) is 0 Å². The van der Waals surface area contributed by atoms with Crippen molar-refractivity contribution in [2.75, 3.05) is 0 Å². The first-order valence-electron chi connectivity index (χ1n) is 3.85. The number of hydrogen-bond acceptors (Lipinski definition) is 0. The van der Waals surface area contributed by atoms with Crippen LogP contribution in [0.3, 0.4) is 0 Å². The molecule has 0 saturated heterocycles. The van der Waals surface area contributed by atoms with Crippen molar-refractivity contribution in [3.05, 3.63) is 22.7 Å². The van der Waals surface area contributed by atoms with Gasteiger partial charge in [-0.25, -0.2) is 0 Å². The molecule has 0 aromatic heterocycles. The van der Waals surface area contributed by atoms with Gasteiger partial charge in [-0.2, -0.15) is 0 Å². The van der Waals surface area contributed by atoms with Crippen LogP contribution >= 0.6 is 15.9 Å². The van der Waals surface area contributed by atoms with Crippen molar-refractivity contribution < 1.29 is 0 Å². The Morgan fingerprint density at radius 1 is 1.70 bits per heavy atom. The van der Waals surface area contributed by atoms with Gasteiger partial charge < -0.3 is 0 Å². The highest BCUT2D eigenvalue weighted by molar-refractivity contribution is 9.11. The normalized spacial score (nSPS) is 24.6. The fourth-order valence-electron chi connectivity index (χ4n) is 1.27. The van der Waals surface area contributed by atoms with E-state index in [1.165, 1.54) is 23.7 Å². The smallest absolute Gasteiger partial charge is 0.00436 e. The van der Waals surface area contributed by atoms with E-state index in [1.54, 1.807) is 0 Å². The molecule has 0 aromatic rings. The summed E-state index contributed by atoms with van der Waals surface area (Å²) in [6.45, 7) is 2.24. The number of halogens is 1. The van der Waals surface area contributed by atoms with E-state index in [2.05, 4.69) is 41.1 Å². The van der Waals surface area contributed by atoms with E-state index in [9.17, 15) is 0 Å². The average Bonchev–Trinajstić information content (AvgIpc) is 1.88. The minimum Gasteiger partial charge on any atom is -0.0810 e. The molecular formula is C9H13Br. The van der Waals surface area contributed by atoms with Crippen LogP contribution in [0.15, 0.2) is 22.7 Å². The summed E-state index contributed by atoms with van der Waals surface area (Å²) in [4.78, 5) is 0. The SMILES string of the molecule is CCC[C@@H]1C=CC=C(Br)C1. The van der Waals surface area contributed by atoms with Crippen molar-refractivity contribution in [1.82, 2.24) is 0 Å². The Labute approximate surface area is 71.1 Å². The van der Waals surface area contributed by atoms with Gasteiger partial charge in [-0.3, -0.25) is 0 Å². The van der Waals surface area contributed by atoms with E-state index < -0.39 is 0 Å². The van der Waals surface area contributed by atoms with Crippen molar-refractivity contribution >= 4 is 15.9 Å². The summed E-state index contributed by atoms with van der Waals surface area (Å²) < 4.78 is 1.34. The number of allylic oxidation sites excluding steroid dienone is 4. The van der Waals surface area contributed by atoms with E-state index >= 15 is 0 Å². The van der Waals surface area contributed by atoms with Gasteiger partial charge in [0, 0.05) is 0 Å². The molecule has 0 fully saturated rings. The first-order chi connectivity index (χ1) is 4.83. The fraction of sp³-hybridized carbons (Fsp3) is 0.556. The summed E-state index contributed by atoms with van der Waals surface area (Å²) in [6.07, 6.45) is 10.4. The Morgan fingerprint density at radius 3 is 3.10 bits per heavy atom. The summed E-state index contributed by atoms with van der Waals surface area (Å²) in [7, 11) is 0. The van der Waals surface area contributed by atoms with Crippen molar-refractivity contribution in [2.45, 2.75) is 26.2 Å². The Balaban J connectivity index is 2.39. The van der Waals surface area contributed by atoms with Gasteiger partial charge in [0.25, 0.3) is 0 Å². The Kier molecular flexibility index (Phi) is 3.20. The van der Waals surface area contributed by atoms with Crippen LogP contribution in [0.4, 0.5) is 0 Å². The zero-order valence-electron chi connectivity index (χ0n) is 6.31. The largest absolute Gasteiger partial charge is 0.0810 e. The lowest BCUT2D eigenvalue weighted by Gasteiger charge is -2.13. The molecular weight excluding hydrogens is 188 g/mol. The lowest BCUT2D eigenvalue weighted by atomic mass is 9.96. The second-order valence-electron chi connectivity index (χ2n) is 2.75. The lowest BCUT2D eigenvalue weighted by molar-refractivity contribution is 0.581. The third-order valence-corrected chi connectivity index (χ3v) is 2.37. The van der Waals surface area contributed by atoms with Crippen molar-refractivity contribution in [1.29, 1.82) is 0 Å². The average molecular weight is 201 g/mol. The van der Waals surface area contributed by atoms with Crippen LogP contribution in [0.5, 0.6) is 0 Å². The summed E-state index contributed by atoms with van der Waals surface area (Å²) >= 11 is 3.51. The maximum Gasteiger partial charge on any atom is -0.00436 e. The fourth-order valence-corrected chi connectivity index (χ4v) is 1.84. The second-order valence-corrected chi connectivity index (χ2v) is 3.77. The van der Waals surface area contributed by atoms with Crippen molar-refractivity contribution in [3.8, 4) is 0 Å². The number of rotatable bonds is 2. The molecule has 0 heterocycles. The maximum atomic E-state index is 3.51. The number of hydrogen-bond donors (Lipinski definition) is 0. The first-order valence-corrected chi connectivity index (χ1v) is 4.65. The first kappa shape index (κ1) is 8.06. The monoisotopic (exact) mass is 200 g/mol. The molecule has 1 aliphatic carbocycles. The molecule has 0 aliphatic heterocycles. The molecule has 1 aliphatic rings. The van der Waals surface area contributed by atoms with Crippen LogP contribution in [0.25, 0.3) is 0 Å². The van der Waals surface area contributed by atoms with Gasteiger partial charge in [0.2, 0.25) is 0 Å². The van der Waals surface area contributed by atoms with Gasteiger partial charge in [-0.15, -0.1) is 0 Å². The van der Waals surface area contributed by atoms with Crippen LogP contribution in [0.1, 0.15) is 26.2 Å². The van der Waals surface area contributed by atoms with Crippen LogP contribution in [0, 0.1) is 5.92 Å². The molecule has 0 nitrogen and oxygen atoms in total. The minimum absolute atomic E-state index is 0.782. The van der Waals surface area contributed by atoms with Gasteiger partial charge in [0.05, 0.1) is 0 Å². The topological polar surface area (TPSA) is 0 Å². The minimum atomic E-state index is 0.782.